The summed E-state index contributed by atoms with van der Waals surface area (Å²) >= 11 is 5.73. The van der Waals surface area contributed by atoms with Crippen LogP contribution < -0.4 is 0 Å². The SMILES string of the molecule is Brc1ccc(I)c2cn[nH]c12. The van der Waals surface area contributed by atoms with Crippen LogP contribution in [0.1, 0.15) is 0 Å². The number of aromatic nitrogens is 2. The first-order valence-electron chi connectivity index (χ1n) is 3.06. The topological polar surface area (TPSA) is 28.7 Å². The predicted molar refractivity (Wildman–Crippen MR) is 56.5 cm³/mol. The molecule has 1 heterocycles. The number of fused-ring (bicyclic) bond motifs is 1. The highest BCUT2D eigenvalue weighted by atomic mass is 127. The summed E-state index contributed by atoms with van der Waals surface area (Å²) in [6.45, 7) is 0. The van der Waals surface area contributed by atoms with E-state index in [1.165, 1.54) is 8.96 Å². The molecule has 2 rings (SSSR count). The van der Waals surface area contributed by atoms with E-state index in [9.17, 15) is 0 Å². The van der Waals surface area contributed by atoms with Crippen LogP contribution in [0.3, 0.4) is 0 Å². The predicted octanol–water partition coefficient (Wildman–Crippen LogP) is 2.93. The normalized spacial score (nSPS) is 10.7. The zero-order valence-corrected chi connectivity index (χ0v) is 9.18. The van der Waals surface area contributed by atoms with Crippen LogP contribution >= 0.6 is 38.5 Å². The van der Waals surface area contributed by atoms with Crippen molar-refractivity contribution in [2.45, 2.75) is 0 Å². The molecule has 0 unspecified atom stereocenters. The minimum atomic E-state index is 1.06. The average Bonchev–Trinajstić information content (AvgIpc) is 2.45. The molecular formula is C7H4BrIN2. The van der Waals surface area contributed by atoms with Gasteiger partial charge in [0.1, 0.15) is 0 Å². The molecule has 11 heavy (non-hydrogen) atoms. The second kappa shape index (κ2) is 2.75. The maximum absolute atomic E-state index is 3.96. The molecule has 0 aliphatic carbocycles. The molecule has 0 atom stereocenters. The highest BCUT2D eigenvalue weighted by molar-refractivity contribution is 14.1. The molecule has 0 bridgehead atoms. The summed E-state index contributed by atoms with van der Waals surface area (Å²) in [4.78, 5) is 0. The van der Waals surface area contributed by atoms with Crippen LogP contribution in [0.25, 0.3) is 10.9 Å². The molecule has 1 N–H and O–H groups in total. The zero-order chi connectivity index (χ0) is 7.84. The van der Waals surface area contributed by atoms with Gasteiger partial charge in [-0.25, -0.2) is 0 Å². The standard InChI is InChI=1S/C7H4BrIN2/c8-5-1-2-6(9)4-3-10-11-7(4)5/h1-3H,(H,10,11). The third-order valence-corrected chi connectivity index (χ3v) is 3.11. The second-order valence-corrected chi connectivity index (χ2v) is 4.20. The van der Waals surface area contributed by atoms with Crippen molar-refractivity contribution in [3.63, 3.8) is 0 Å². The lowest BCUT2D eigenvalue weighted by Gasteiger charge is -1.94. The van der Waals surface area contributed by atoms with Gasteiger partial charge in [0.2, 0.25) is 0 Å². The molecule has 0 radical (unpaired) electrons. The van der Waals surface area contributed by atoms with Gasteiger partial charge in [0.15, 0.2) is 0 Å². The Hall–Kier alpha value is -0.100. The minimum absolute atomic E-state index is 1.06. The zero-order valence-electron chi connectivity index (χ0n) is 5.44. The molecule has 0 aliphatic rings. The largest absolute Gasteiger partial charge is 0.277 e. The van der Waals surface area contributed by atoms with Gasteiger partial charge in [-0.05, 0) is 50.7 Å². The molecule has 4 heteroatoms. The Balaban J connectivity index is 2.96. The van der Waals surface area contributed by atoms with E-state index >= 15 is 0 Å². The van der Waals surface area contributed by atoms with E-state index in [4.69, 9.17) is 0 Å². The van der Waals surface area contributed by atoms with Gasteiger partial charge in [0.05, 0.1) is 11.7 Å². The third-order valence-electron chi connectivity index (χ3n) is 1.51. The molecule has 2 aromatic rings. The third kappa shape index (κ3) is 1.18. The van der Waals surface area contributed by atoms with Gasteiger partial charge in [0.25, 0.3) is 0 Å². The number of hydrogen-bond donors (Lipinski definition) is 1. The monoisotopic (exact) mass is 322 g/mol. The van der Waals surface area contributed by atoms with E-state index in [1.807, 2.05) is 12.3 Å². The van der Waals surface area contributed by atoms with Crippen molar-refractivity contribution >= 4 is 49.4 Å². The molecule has 0 spiro atoms. The maximum atomic E-state index is 3.96. The molecule has 0 saturated carbocycles. The van der Waals surface area contributed by atoms with Crippen LogP contribution in [0.5, 0.6) is 0 Å². The van der Waals surface area contributed by atoms with Crippen molar-refractivity contribution in [3.8, 4) is 0 Å². The van der Waals surface area contributed by atoms with Gasteiger partial charge < -0.3 is 0 Å². The van der Waals surface area contributed by atoms with E-state index < -0.39 is 0 Å². The van der Waals surface area contributed by atoms with Crippen molar-refractivity contribution in [1.29, 1.82) is 0 Å². The van der Waals surface area contributed by atoms with Gasteiger partial charge in [-0.3, -0.25) is 5.10 Å². The second-order valence-electron chi connectivity index (χ2n) is 2.19. The number of benzene rings is 1. The Labute approximate surface area is 85.6 Å². The number of nitrogens with one attached hydrogen (secondary N) is 1. The molecule has 1 aromatic carbocycles. The van der Waals surface area contributed by atoms with Gasteiger partial charge >= 0.3 is 0 Å². The number of halogens is 2. The van der Waals surface area contributed by atoms with Crippen molar-refractivity contribution in [1.82, 2.24) is 10.2 Å². The van der Waals surface area contributed by atoms with Gasteiger partial charge in [-0.2, -0.15) is 5.10 Å². The number of hydrogen-bond acceptors (Lipinski definition) is 1. The van der Waals surface area contributed by atoms with Crippen molar-refractivity contribution in [2.24, 2.45) is 0 Å². The van der Waals surface area contributed by atoms with E-state index in [-0.39, 0.29) is 0 Å². The summed E-state index contributed by atoms with van der Waals surface area (Å²) in [6, 6.07) is 4.07. The fourth-order valence-electron chi connectivity index (χ4n) is 0.969. The first kappa shape index (κ1) is 7.54. The first-order valence-corrected chi connectivity index (χ1v) is 4.93. The summed E-state index contributed by atoms with van der Waals surface area (Å²) in [5.41, 5.74) is 1.07. The highest BCUT2D eigenvalue weighted by Crippen LogP contribution is 2.25. The molecular weight excluding hydrogens is 319 g/mol. The molecule has 56 valence electrons. The van der Waals surface area contributed by atoms with Crippen LogP contribution in [0, 0.1) is 3.57 Å². The summed E-state index contributed by atoms with van der Waals surface area (Å²) in [7, 11) is 0. The summed E-state index contributed by atoms with van der Waals surface area (Å²) < 4.78 is 2.28. The van der Waals surface area contributed by atoms with E-state index in [2.05, 4.69) is 54.8 Å². The maximum Gasteiger partial charge on any atom is 0.0802 e. The number of aromatic amines is 1. The van der Waals surface area contributed by atoms with E-state index in [0.717, 1.165) is 9.99 Å². The number of rotatable bonds is 0. The van der Waals surface area contributed by atoms with Crippen LogP contribution in [0.2, 0.25) is 0 Å². The van der Waals surface area contributed by atoms with Gasteiger partial charge in [-0.1, -0.05) is 0 Å². The smallest absolute Gasteiger partial charge is 0.0802 e. The van der Waals surface area contributed by atoms with Crippen LogP contribution in [-0.4, -0.2) is 10.2 Å². The number of H-pyrrole nitrogens is 1. The lowest BCUT2D eigenvalue weighted by Crippen LogP contribution is -1.74. The summed E-state index contributed by atoms with van der Waals surface area (Å²) in [5.74, 6) is 0. The van der Waals surface area contributed by atoms with E-state index in [0.29, 0.717) is 0 Å². The Morgan fingerprint density at radius 2 is 2.27 bits per heavy atom. The minimum Gasteiger partial charge on any atom is -0.277 e. The lowest BCUT2D eigenvalue weighted by molar-refractivity contribution is 1.12. The Morgan fingerprint density at radius 3 is 3.00 bits per heavy atom. The van der Waals surface area contributed by atoms with Crippen molar-refractivity contribution in [2.75, 3.05) is 0 Å². The fourth-order valence-corrected chi connectivity index (χ4v) is 1.99. The molecule has 0 amide bonds. The lowest BCUT2D eigenvalue weighted by atomic mass is 10.3. The number of nitrogens with zero attached hydrogens (tertiary/aromatic N) is 1. The van der Waals surface area contributed by atoms with Crippen molar-refractivity contribution in [3.05, 3.63) is 26.4 Å². The Bertz CT molecular complexity index is 360. The van der Waals surface area contributed by atoms with Gasteiger partial charge in [-0.15, -0.1) is 0 Å². The summed E-state index contributed by atoms with van der Waals surface area (Å²) in [6.07, 6.45) is 1.84. The molecule has 0 fully saturated rings. The quantitative estimate of drug-likeness (QED) is 0.742. The van der Waals surface area contributed by atoms with Crippen molar-refractivity contribution < 1.29 is 0 Å². The Morgan fingerprint density at radius 1 is 1.45 bits per heavy atom. The van der Waals surface area contributed by atoms with Crippen LogP contribution in [-0.2, 0) is 0 Å². The van der Waals surface area contributed by atoms with E-state index in [1.54, 1.807) is 0 Å². The molecule has 2 nitrogen and oxygen atoms in total. The first-order chi connectivity index (χ1) is 5.29. The van der Waals surface area contributed by atoms with Crippen LogP contribution in [0.4, 0.5) is 0 Å². The van der Waals surface area contributed by atoms with Crippen LogP contribution in [0.15, 0.2) is 22.8 Å². The highest BCUT2D eigenvalue weighted by Gasteiger charge is 2.02. The molecule has 1 aromatic heterocycles. The summed E-state index contributed by atoms with van der Waals surface area (Å²) in [5, 5.41) is 8.06. The fraction of sp³-hybridized carbons (Fsp3) is 0. The Kier molecular flexibility index (Phi) is 1.88. The average molecular weight is 323 g/mol. The molecule has 0 saturated heterocycles. The van der Waals surface area contributed by atoms with Gasteiger partial charge in [0, 0.05) is 13.4 Å². The molecule has 0 aliphatic heterocycles.